The predicted octanol–water partition coefficient (Wildman–Crippen LogP) is 2.71. The summed E-state index contributed by atoms with van der Waals surface area (Å²) in [6.45, 7) is 0.948. The number of nitrogens with one attached hydrogen (secondary N) is 2. The quantitative estimate of drug-likeness (QED) is 0.734. The van der Waals surface area contributed by atoms with Crippen LogP contribution in [-0.2, 0) is 0 Å². The van der Waals surface area contributed by atoms with E-state index < -0.39 is 0 Å². The molecule has 1 unspecified atom stereocenters. The lowest BCUT2D eigenvalue weighted by Crippen LogP contribution is -2.13. The van der Waals surface area contributed by atoms with Gasteiger partial charge in [-0.15, -0.1) is 5.10 Å². The Balaban J connectivity index is 2.00. The van der Waals surface area contributed by atoms with Gasteiger partial charge in [-0.25, -0.2) is 0 Å². The maximum absolute atomic E-state index is 5.25. The van der Waals surface area contributed by atoms with Crippen molar-refractivity contribution in [3.63, 3.8) is 0 Å². The van der Waals surface area contributed by atoms with Gasteiger partial charge in [0.1, 0.15) is 0 Å². The fourth-order valence-corrected chi connectivity index (χ4v) is 2.78. The molecule has 1 atom stereocenters. The van der Waals surface area contributed by atoms with Gasteiger partial charge < -0.3 is 10.1 Å². The van der Waals surface area contributed by atoms with Crippen LogP contribution in [0.5, 0.6) is 5.88 Å². The first-order chi connectivity index (χ1) is 10.8. The van der Waals surface area contributed by atoms with Gasteiger partial charge in [0.25, 0.3) is 0 Å². The highest BCUT2D eigenvalue weighted by Gasteiger charge is 2.16. The molecular weight excluding hydrogens is 276 g/mol. The second-order valence-electron chi connectivity index (χ2n) is 5.27. The Hall–Kier alpha value is -2.40. The molecule has 0 fully saturated rings. The number of nitrogens with zero attached hydrogens (tertiary/aromatic N) is 2. The molecule has 0 amide bonds. The summed E-state index contributed by atoms with van der Waals surface area (Å²) in [6, 6.07) is 10.5. The van der Waals surface area contributed by atoms with Gasteiger partial charge in [0.15, 0.2) is 0 Å². The average Bonchev–Trinajstić information content (AvgIpc) is 2.98. The van der Waals surface area contributed by atoms with E-state index in [1.54, 1.807) is 7.11 Å². The molecule has 5 heteroatoms. The lowest BCUT2D eigenvalue weighted by molar-refractivity contribution is 0.401. The van der Waals surface area contributed by atoms with Crippen molar-refractivity contribution in [3.05, 3.63) is 53.9 Å². The summed E-state index contributed by atoms with van der Waals surface area (Å²) in [5, 5.41) is 11.4. The molecule has 0 aliphatic rings. The van der Waals surface area contributed by atoms with E-state index in [1.807, 2.05) is 25.5 Å². The lowest BCUT2D eigenvalue weighted by atomic mass is 9.89. The Morgan fingerprint density at radius 2 is 2.18 bits per heavy atom. The number of rotatable bonds is 6. The Morgan fingerprint density at radius 1 is 1.27 bits per heavy atom. The molecule has 2 aromatic heterocycles. The van der Waals surface area contributed by atoms with E-state index in [1.165, 1.54) is 11.1 Å². The van der Waals surface area contributed by atoms with Crippen molar-refractivity contribution < 1.29 is 4.74 Å². The van der Waals surface area contributed by atoms with E-state index in [9.17, 15) is 0 Å². The number of methoxy groups -OCH3 is 1. The number of benzene rings is 1. The molecule has 5 nitrogen and oxygen atoms in total. The van der Waals surface area contributed by atoms with Gasteiger partial charge in [-0.3, -0.25) is 10.1 Å². The van der Waals surface area contributed by atoms with Gasteiger partial charge >= 0.3 is 0 Å². The summed E-state index contributed by atoms with van der Waals surface area (Å²) in [4.78, 5) is 4.26. The van der Waals surface area contributed by atoms with Crippen LogP contribution in [0.25, 0.3) is 10.9 Å². The van der Waals surface area contributed by atoms with Crippen molar-refractivity contribution in [2.24, 2.45) is 0 Å². The maximum atomic E-state index is 5.25. The Morgan fingerprint density at radius 3 is 2.91 bits per heavy atom. The molecule has 2 N–H and O–H groups in total. The summed E-state index contributed by atoms with van der Waals surface area (Å²) in [5.74, 6) is 0.939. The zero-order valence-corrected chi connectivity index (χ0v) is 12.8. The standard InChI is InChI=1S/C17H20N4O/c1-18-9-7-14(13-4-3-8-19-11-13)12-5-6-15-16(10-12)20-21-17(15)22-2/h3-6,8,10-11,14,18H,7,9H2,1-2H3,(H,20,21). The third-order valence-electron chi connectivity index (χ3n) is 3.92. The molecule has 22 heavy (non-hydrogen) atoms. The van der Waals surface area contributed by atoms with Gasteiger partial charge in [0.2, 0.25) is 5.88 Å². The van der Waals surface area contributed by atoms with Crippen LogP contribution in [0.2, 0.25) is 0 Å². The number of aromatic nitrogens is 3. The molecule has 3 aromatic rings. The van der Waals surface area contributed by atoms with Crippen LogP contribution in [0.4, 0.5) is 0 Å². The normalized spacial score (nSPS) is 12.5. The summed E-state index contributed by atoms with van der Waals surface area (Å²) >= 11 is 0. The highest BCUT2D eigenvalue weighted by molar-refractivity contribution is 5.84. The number of hydrogen-bond donors (Lipinski definition) is 2. The van der Waals surface area contributed by atoms with Crippen molar-refractivity contribution in [2.75, 3.05) is 20.7 Å². The van der Waals surface area contributed by atoms with E-state index in [0.717, 1.165) is 23.9 Å². The first kappa shape index (κ1) is 14.5. The monoisotopic (exact) mass is 296 g/mol. The van der Waals surface area contributed by atoms with Crippen molar-refractivity contribution in [2.45, 2.75) is 12.3 Å². The number of hydrogen-bond acceptors (Lipinski definition) is 4. The minimum absolute atomic E-state index is 0.305. The minimum atomic E-state index is 0.305. The number of fused-ring (bicyclic) bond motifs is 1. The lowest BCUT2D eigenvalue weighted by Gasteiger charge is -2.17. The van der Waals surface area contributed by atoms with Crippen LogP contribution in [0.3, 0.4) is 0 Å². The van der Waals surface area contributed by atoms with Gasteiger partial charge in [0, 0.05) is 18.3 Å². The smallest absolute Gasteiger partial charge is 0.240 e. The molecule has 0 saturated carbocycles. The molecule has 0 bridgehead atoms. The topological polar surface area (TPSA) is 62.8 Å². The second-order valence-corrected chi connectivity index (χ2v) is 5.27. The molecular formula is C17H20N4O. The minimum Gasteiger partial charge on any atom is -0.480 e. The largest absolute Gasteiger partial charge is 0.480 e. The van der Waals surface area contributed by atoms with Gasteiger partial charge in [-0.1, -0.05) is 12.1 Å². The third-order valence-corrected chi connectivity index (χ3v) is 3.92. The molecule has 0 aliphatic carbocycles. The van der Waals surface area contributed by atoms with Crippen molar-refractivity contribution in [1.82, 2.24) is 20.5 Å². The summed E-state index contributed by atoms with van der Waals surface area (Å²) < 4.78 is 5.25. The Bertz CT molecular complexity index is 739. The van der Waals surface area contributed by atoms with Gasteiger partial charge in [0.05, 0.1) is 18.0 Å². The number of pyridine rings is 1. The van der Waals surface area contributed by atoms with Crippen LogP contribution in [0.1, 0.15) is 23.5 Å². The first-order valence-corrected chi connectivity index (χ1v) is 7.40. The molecule has 1 aromatic carbocycles. The zero-order chi connectivity index (χ0) is 15.4. The third kappa shape index (κ3) is 2.80. The van der Waals surface area contributed by atoms with E-state index >= 15 is 0 Å². The van der Waals surface area contributed by atoms with Crippen LogP contribution >= 0.6 is 0 Å². The van der Waals surface area contributed by atoms with Gasteiger partial charge in [-0.2, -0.15) is 0 Å². The maximum Gasteiger partial charge on any atom is 0.240 e. The summed E-state index contributed by atoms with van der Waals surface area (Å²) in [7, 11) is 3.61. The molecule has 0 spiro atoms. The average molecular weight is 296 g/mol. The molecule has 0 aliphatic heterocycles. The molecule has 0 saturated heterocycles. The fraction of sp³-hybridized carbons (Fsp3) is 0.294. The molecule has 2 heterocycles. The highest BCUT2D eigenvalue weighted by Crippen LogP contribution is 2.31. The predicted molar refractivity (Wildman–Crippen MR) is 87.3 cm³/mol. The summed E-state index contributed by atoms with van der Waals surface area (Å²) in [5.41, 5.74) is 3.47. The van der Waals surface area contributed by atoms with Crippen LogP contribution in [0, 0.1) is 0 Å². The van der Waals surface area contributed by atoms with Crippen molar-refractivity contribution >= 4 is 10.9 Å². The number of ether oxygens (including phenoxy) is 1. The highest BCUT2D eigenvalue weighted by atomic mass is 16.5. The number of H-pyrrole nitrogens is 1. The van der Waals surface area contributed by atoms with Crippen LogP contribution in [0.15, 0.2) is 42.7 Å². The van der Waals surface area contributed by atoms with E-state index in [2.05, 4.69) is 44.8 Å². The van der Waals surface area contributed by atoms with Gasteiger partial charge in [-0.05, 0) is 49.3 Å². The Labute approximate surface area is 129 Å². The van der Waals surface area contributed by atoms with Crippen LogP contribution in [-0.4, -0.2) is 35.9 Å². The molecule has 0 radical (unpaired) electrons. The fourth-order valence-electron chi connectivity index (χ4n) is 2.78. The van der Waals surface area contributed by atoms with E-state index in [4.69, 9.17) is 4.74 Å². The van der Waals surface area contributed by atoms with Crippen LogP contribution < -0.4 is 10.1 Å². The SMILES string of the molecule is CNCCC(c1cccnc1)c1ccc2c(OC)n[nH]c2c1. The van der Waals surface area contributed by atoms with E-state index in [-0.39, 0.29) is 0 Å². The molecule has 114 valence electrons. The molecule has 3 rings (SSSR count). The summed E-state index contributed by atoms with van der Waals surface area (Å²) in [6.07, 6.45) is 4.76. The van der Waals surface area contributed by atoms with Crippen molar-refractivity contribution in [1.29, 1.82) is 0 Å². The van der Waals surface area contributed by atoms with Crippen molar-refractivity contribution in [3.8, 4) is 5.88 Å². The zero-order valence-electron chi connectivity index (χ0n) is 12.8. The van der Waals surface area contributed by atoms with E-state index in [0.29, 0.717) is 11.8 Å². The Kier molecular flexibility index (Phi) is 4.34. The second kappa shape index (κ2) is 6.58. The first-order valence-electron chi connectivity index (χ1n) is 7.40. The number of aromatic amines is 1.